The number of nitrogens with zero attached hydrogens (tertiary/aromatic N) is 2. The number of halogens is 2. The predicted molar refractivity (Wildman–Crippen MR) is 113 cm³/mol. The fourth-order valence-electron chi connectivity index (χ4n) is 3.16. The molecule has 0 unspecified atom stereocenters. The molecule has 2 amide bonds. The van der Waals surface area contributed by atoms with E-state index in [1.54, 1.807) is 47.4 Å². The Kier molecular flexibility index (Phi) is 7.04. The van der Waals surface area contributed by atoms with Crippen molar-refractivity contribution in [3.8, 4) is 5.75 Å². The second-order valence-electron chi connectivity index (χ2n) is 6.73. The van der Waals surface area contributed by atoms with Crippen LogP contribution in [0.3, 0.4) is 0 Å². The van der Waals surface area contributed by atoms with Gasteiger partial charge in [-0.15, -0.1) is 6.58 Å². The van der Waals surface area contributed by atoms with E-state index in [1.807, 2.05) is 0 Å². The Hall–Kier alpha value is -2.67. The van der Waals surface area contributed by atoms with Gasteiger partial charge in [0.2, 0.25) is 5.91 Å². The Labute approximate surface area is 177 Å². The number of ether oxygens (including phenoxy) is 1. The number of anilines is 1. The van der Waals surface area contributed by atoms with Crippen molar-refractivity contribution in [3.63, 3.8) is 0 Å². The summed E-state index contributed by atoms with van der Waals surface area (Å²) in [6.45, 7) is 4.62. The maximum absolute atomic E-state index is 14.0. The molecule has 7 heteroatoms. The SMILES string of the molecule is C=CCN(Cc1cc(Br)ccc1F)C(=O)COc1ccc(N2CCCC2=O)cc1. The van der Waals surface area contributed by atoms with Crippen LogP contribution in [0.4, 0.5) is 10.1 Å². The molecule has 1 aliphatic heterocycles. The van der Waals surface area contributed by atoms with Crippen molar-refractivity contribution in [2.45, 2.75) is 19.4 Å². The molecule has 0 saturated carbocycles. The first-order valence-electron chi connectivity index (χ1n) is 9.34. The second-order valence-corrected chi connectivity index (χ2v) is 7.65. The first-order chi connectivity index (χ1) is 14.0. The molecule has 0 bridgehead atoms. The first kappa shape index (κ1) is 21.0. The van der Waals surface area contributed by atoms with Gasteiger partial charge in [0.25, 0.3) is 5.91 Å². The van der Waals surface area contributed by atoms with Crippen LogP contribution in [0.5, 0.6) is 5.75 Å². The number of carbonyl (C=O) groups is 2. The van der Waals surface area contributed by atoms with E-state index in [-0.39, 0.29) is 37.3 Å². The van der Waals surface area contributed by atoms with Crippen LogP contribution < -0.4 is 9.64 Å². The molecule has 1 saturated heterocycles. The molecule has 29 heavy (non-hydrogen) atoms. The van der Waals surface area contributed by atoms with Gasteiger partial charge < -0.3 is 14.5 Å². The molecule has 1 aliphatic rings. The zero-order chi connectivity index (χ0) is 20.8. The van der Waals surface area contributed by atoms with Gasteiger partial charge in [0, 0.05) is 41.8 Å². The second kappa shape index (κ2) is 9.69. The van der Waals surface area contributed by atoms with E-state index in [0.717, 1.165) is 23.1 Å². The lowest BCUT2D eigenvalue weighted by Gasteiger charge is -2.22. The summed E-state index contributed by atoms with van der Waals surface area (Å²) in [5.41, 5.74) is 1.23. The molecule has 1 fully saturated rings. The van der Waals surface area contributed by atoms with Gasteiger partial charge in [0.15, 0.2) is 6.61 Å². The maximum Gasteiger partial charge on any atom is 0.261 e. The largest absolute Gasteiger partial charge is 0.484 e. The topological polar surface area (TPSA) is 49.9 Å². The van der Waals surface area contributed by atoms with Crippen LogP contribution in [0.15, 0.2) is 59.6 Å². The third-order valence-corrected chi connectivity index (χ3v) is 5.15. The number of hydrogen-bond acceptors (Lipinski definition) is 3. The molecule has 0 radical (unpaired) electrons. The number of benzene rings is 2. The molecule has 0 aliphatic carbocycles. The Morgan fingerprint density at radius 1 is 1.28 bits per heavy atom. The molecule has 1 heterocycles. The highest BCUT2D eigenvalue weighted by Gasteiger charge is 2.21. The number of rotatable bonds is 8. The molecule has 0 N–H and O–H groups in total. The van der Waals surface area contributed by atoms with Crippen LogP contribution >= 0.6 is 15.9 Å². The van der Waals surface area contributed by atoms with E-state index >= 15 is 0 Å². The number of amides is 2. The summed E-state index contributed by atoms with van der Waals surface area (Å²) < 4.78 is 20.4. The fourth-order valence-corrected chi connectivity index (χ4v) is 3.57. The van der Waals surface area contributed by atoms with Gasteiger partial charge >= 0.3 is 0 Å². The van der Waals surface area contributed by atoms with E-state index in [0.29, 0.717) is 17.7 Å². The van der Waals surface area contributed by atoms with E-state index in [1.165, 1.54) is 11.0 Å². The van der Waals surface area contributed by atoms with Crippen LogP contribution in [0.25, 0.3) is 0 Å². The average Bonchev–Trinajstić information content (AvgIpc) is 3.14. The van der Waals surface area contributed by atoms with Crippen molar-refractivity contribution in [2.24, 2.45) is 0 Å². The standard InChI is InChI=1S/C22H22BrFN2O3/c1-2-11-25(14-16-13-17(23)5-10-20(16)24)22(28)15-29-19-8-6-18(7-9-19)26-12-3-4-21(26)27/h2,5-10,13H,1,3-4,11-12,14-15H2. The normalized spacial score (nSPS) is 13.4. The smallest absolute Gasteiger partial charge is 0.261 e. The highest BCUT2D eigenvalue weighted by atomic mass is 79.9. The van der Waals surface area contributed by atoms with Gasteiger partial charge in [0.1, 0.15) is 11.6 Å². The van der Waals surface area contributed by atoms with Crippen LogP contribution in [0.2, 0.25) is 0 Å². The molecule has 2 aromatic rings. The number of carbonyl (C=O) groups excluding carboxylic acids is 2. The van der Waals surface area contributed by atoms with E-state index < -0.39 is 0 Å². The van der Waals surface area contributed by atoms with Crippen molar-refractivity contribution in [2.75, 3.05) is 24.6 Å². The fraction of sp³-hybridized carbons (Fsp3) is 0.273. The minimum Gasteiger partial charge on any atom is -0.484 e. The van der Waals surface area contributed by atoms with Gasteiger partial charge in [-0.2, -0.15) is 0 Å². The van der Waals surface area contributed by atoms with Crippen molar-refractivity contribution in [1.82, 2.24) is 4.90 Å². The Bertz CT molecular complexity index is 901. The molecule has 5 nitrogen and oxygen atoms in total. The third kappa shape index (κ3) is 5.44. The summed E-state index contributed by atoms with van der Waals surface area (Å²) in [4.78, 5) is 27.6. The highest BCUT2D eigenvalue weighted by molar-refractivity contribution is 9.10. The predicted octanol–water partition coefficient (Wildman–Crippen LogP) is 4.31. The zero-order valence-electron chi connectivity index (χ0n) is 15.9. The summed E-state index contributed by atoms with van der Waals surface area (Å²) >= 11 is 3.32. The Morgan fingerprint density at radius 3 is 2.69 bits per heavy atom. The van der Waals surface area contributed by atoms with Crippen LogP contribution in [0.1, 0.15) is 18.4 Å². The van der Waals surface area contributed by atoms with Gasteiger partial charge in [-0.1, -0.05) is 22.0 Å². The van der Waals surface area contributed by atoms with Gasteiger partial charge in [0.05, 0.1) is 0 Å². The van der Waals surface area contributed by atoms with E-state index in [4.69, 9.17) is 4.74 Å². The van der Waals surface area contributed by atoms with Crippen molar-refractivity contribution < 1.29 is 18.7 Å². The molecule has 0 spiro atoms. The molecule has 2 aromatic carbocycles. The van der Waals surface area contributed by atoms with Crippen LogP contribution in [-0.2, 0) is 16.1 Å². The van der Waals surface area contributed by atoms with Crippen LogP contribution in [0, 0.1) is 5.82 Å². The summed E-state index contributed by atoms with van der Waals surface area (Å²) in [7, 11) is 0. The van der Waals surface area contributed by atoms with Gasteiger partial charge in [-0.25, -0.2) is 4.39 Å². The average molecular weight is 461 g/mol. The summed E-state index contributed by atoms with van der Waals surface area (Å²) in [5, 5.41) is 0. The van der Waals surface area contributed by atoms with E-state index in [9.17, 15) is 14.0 Å². The lowest BCUT2D eigenvalue weighted by atomic mass is 10.2. The Morgan fingerprint density at radius 2 is 2.03 bits per heavy atom. The molecular formula is C22H22BrFN2O3. The minimum atomic E-state index is -0.372. The van der Waals surface area contributed by atoms with Crippen molar-refractivity contribution >= 4 is 33.4 Å². The molecule has 0 aromatic heterocycles. The molecular weight excluding hydrogens is 439 g/mol. The number of hydrogen-bond donors (Lipinski definition) is 0. The zero-order valence-corrected chi connectivity index (χ0v) is 17.5. The minimum absolute atomic E-state index is 0.119. The van der Waals surface area contributed by atoms with Crippen molar-refractivity contribution in [1.29, 1.82) is 0 Å². The summed E-state index contributed by atoms with van der Waals surface area (Å²) in [5.74, 6) is 0.000677. The van der Waals surface area contributed by atoms with Gasteiger partial charge in [-0.05, 0) is 48.9 Å². The lowest BCUT2D eigenvalue weighted by molar-refractivity contribution is -0.133. The molecule has 152 valence electrons. The van der Waals surface area contributed by atoms with Crippen molar-refractivity contribution in [3.05, 3.63) is 71.0 Å². The van der Waals surface area contributed by atoms with Gasteiger partial charge in [-0.3, -0.25) is 9.59 Å². The molecule has 0 atom stereocenters. The third-order valence-electron chi connectivity index (χ3n) is 4.66. The maximum atomic E-state index is 14.0. The molecule has 3 rings (SSSR count). The van der Waals surface area contributed by atoms with Crippen LogP contribution in [-0.4, -0.2) is 36.4 Å². The quantitative estimate of drug-likeness (QED) is 0.551. The summed E-state index contributed by atoms with van der Waals surface area (Å²) in [6.07, 6.45) is 3.03. The lowest BCUT2D eigenvalue weighted by Crippen LogP contribution is -2.35. The first-order valence-corrected chi connectivity index (χ1v) is 10.1. The summed E-state index contributed by atoms with van der Waals surface area (Å²) in [6, 6.07) is 11.7. The Balaban J connectivity index is 1.60. The van der Waals surface area contributed by atoms with E-state index in [2.05, 4.69) is 22.5 Å². The monoisotopic (exact) mass is 460 g/mol. The highest BCUT2D eigenvalue weighted by Crippen LogP contribution is 2.24.